The molecule has 3 unspecified atom stereocenters. The van der Waals surface area contributed by atoms with Gasteiger partial charge in [-0.25, -0.2) is 0 Å². The van der Waals surface area contributed by atoms with E-state index in [1.54, 1.807) is 0 Å². The van der Waals surface area contributed by atoms with Crippen LogP contribution < -0.4 is 10.6 Å². The third-order valence-corrected chi connectivity index (χ3v) is 5.09. The van der Waals surface area contributed by atoms with Crippen molar-refractivity contribution >= 4 is 29.9 Å². The molecule has 2 aliphatic heterocycles. The summed E-state index contributed by atoms with van der Waals surface area (Å²) in [6.45, 7) is 14.9. The standard InChI is InChI=1S/C18H36N4O.HI/c1-5-19-17(21-14-18(4)9-7-11-23-18)20-12-16(3)22-10-6-8-15(2)13-22;/h15-16H,5-14H2,1-4H3,(H2,19,20,21);1H. The molecule has 2 rings (SSSR count). The van der Waals surface area contributed by atoms with Crippen molar-refractivity contribution in [3.8, 4) is 0 Å². The molecule has 0 radical (unpaired) electrons. The summed E-state index contributed by atoms with van der Waals surface area (Å²) in [6.07, 6.45) is 4.97. The molecule has 2 saturated heterocycles. The number of halogens is 1. The lowest BCUT2D eigenvalue weighted by atomic mass is 9.99. The topological polar surface area (TPSA) is 48.9 Å². The van der Waals surface area contributed by atoms with Crippen molar-refractivity contribution in [1.29, 1.82) is 0 Å². The minimum atomic E-state index is -0.0731. The fraction of sp³-hybridized carbons (Fsp3) is 0.944. The third-order valence-electron chi connectivity index (χ3n) is 5.09. The van der Waals surface area contributed by atoms with Crippen LogP contribution in [-0.4, -0.2) is 61.8 Å². The molecule has 24 heavy (non-hydrogen) atoms. The molecule has 0 bridgehead atoms. The van der Waals surface area contributed by atoms with E-state index in [4.69, 9.17) is 9.73 Å². The third kappa shape index (κ3) is 7.04. The lowest BCUT2D eigenvalue weighted by molar-refractivity contribution is 0.0283. The van der Waals surface area contributed by atoms with Crippen LogP contribution in [0.3, 0.4) is 0 Å². The zero-order chi connectivity index (χ0) is 16.7. The van der Waals surface area contributed by atoms with Gasteiger partial charge >= 0.3 is 0 Å². The van der Waals surface area contributed by atoms with Crippen LogP contribution in [-0.2, 0) is 4.74 Å². The number of guanidine groups is 1. The van der Waals surface area contributed by atoms with Crippen LogP contribution in [0.15, 0.2) is 4.99 Å². The number of rotatable bonds is 6. The van der Waals surface area contributed by atoms with E-state index < -0.39 is 0 Å². The van der Waals surface area contributed by atoms with Crippen molar-refractivity contribution in [2.24, 2.45) is 10.9 Å². The normalized spacial score (nSPS) is 29.8. The van der Waals surface area contributed by atoms with E-state index in [1.165, 1.54) is 25.9 Å². The van der Waals surface area contributed by atoms with Crippen LogP contribution in [0.4, 0.5) is 0 Å². The number of ether oxygens (including phenoxy) is 1. The zero-order valence-electron chi connectivity index (χ0n) is 15.9. The van der Waals surface area contributed by atoms with Gasteiger partial charge in [-0.15, -0.1) is 24.0 Å². The maximum absolute atomic E-state index is 5.83. The zero-order valence-corrected chi connectivity index (χ0v) is 18.3. The quantitative estimate of drug-likeness (QED) is 0.370. The molecule has 5 nitrogen and oxygen atoms in total. The first-order chi connectivity index (χ1) is 11.0. The lowest BCUT2D eigenvalue weighted by Crippen LogP contribution is -2.48. The Labute approximate surface area is 165 Å². The first-order valence-electron chi connectivity index (χ1n) is 9.42. The SMILES string of the molecule is CCNC(=NCC1(C)CCCO1)NCC(C)N1CCCC(C)C1.I. The molecule has 2 aliphatic rings. The number of nitrogens with one attached hydrogen (secondary N) is 2. The van der Waals surface area contributed by atoms with Crippen molar-refractivity contribution < 1.29 is 4.74 Å². The minimum absolute atomic E-state index is 0. The minimum Gasteiger partial charge on any atom is -0.373 e. The number of hydrogen-bond donors (Lipinski definition) is 2. The maximum Gasteiger partial charge on any atom is 0.191 e. The van der Waals surface area contributed by atoms with Crippen LogP contribution in [0.2, 0.25) is 0 Å². The molecule has 3 atom stereocenters. The molecule has 142 valence electrons. The van der Waals surface area contributed by atoms with E-state index >= 15 is 0 Å². The fourth-order valence-electron chi connectivity index (χ4n) is 3.55. The molecule has 2 N–H and O–H groups in total. The fourth-order valence-corrected chi connectivity index (χ4v) is 3.55. The Morgan fingerprint density at radius 3 is 2.79 bits per heavy atom. The number of piperidine rings is 1. The Bertz CT molecular complexity index is 385. The van der Waals surface area contributed by atoms with E-state index in [2.05, 4.69) is 43.2 Å². The van der Waals surface area contributed by atoms with Gasteiger partial charge in [0.1, 0.15) is 0 Å². The molecule has 0 aliphatic carbocycles. The van der Waals surface area contributed by atoms with Gasteiger partial charge in [0, 0.05) is 32.3 Å². The number of likely N-dealkylation sites (tertiary alicyclic amines) is 1. The summed E-state index contributed by atoms with van der Waals surface area (Å²) in [7, 11) is 0. The second kappa shape index (κ2) is 10.8. The van der Waals surface area contributed by atoms with E-state index in [9.17, 15) is 0 Å². The highest BCUT2D eigenvalue weighted by Crippen LogP contribution is 2.25. The molecule has 0 saturated carbocycles. The molecular weight excluding hydrogens is 415 g/mol. The monoisotopic (exact) mass is 452 g/mol. The van der Waals surface area contributed by atoms with Gasteiger partial charge in [0.05, 0.1) is 12.1 Å². The van der Waals surface area contributed by atoms with Crippen molar-refractivity contribution in [3.05, 3.63) is 0 Å². The Morgan fingerprint density at radius 2 is 2.17 bits per heavy atom. The second-order valence-electron chi connectivity index (χ2n) is 7.57. The van der Waals surface area contributed by atoms with Crippen molar-refractivity contribution in [3.63, 3.8) is 0 Å². The predicted octanol–water partition coefficient (Wildman–Crippen LogP) is 2.85. The van der Waals surface area contributed by atoms with Gasteiger partial charge < -0.3 is 15.4 Å². The van der Waals surface area contributed by atoms with Gasteiger partial charge in [0.15, 0.2) is 5.96 Å². The van der Waals surface area contributed by atoms with E-state index in [1.807, 2.05) is 0 Å². The lowest BCUT2D eigenvalue weighted by Gasteiger charge is -2.35. The largest absolute Gasteiger partial charge is 0.373 e. The van der Waals surface area contributed by atoms with E-state index in [0.717, 1.165) is 51.0 Å². The van der Waals surface area contributed by atoms with E-state index in [-0.39, 0.29) is 29.6 Å². The summed E-state index contributed by atoms with van der Waals surface area (Å²) < 4.78 is 5.83. The Morgan fingerprint density at radius 1 is 1.38 bits per heavy atom. The van der Waals surface area contributed by atoms with Crippen LogP contribution in [0.1, 0.15) is 53.4 Å². The van der Waals surface area contributed by atoms with Crippen molar-refractivity contribution in [2.75, 3.05) is 39.3 Å². The molecular formula is C18H37IN4O. The molecule has 0 amide bonds. The van der Waals surface area contributed by atoms with Gasteiger partial charge in [0.2, 0.25) is 0 Å². The summed E-state index contributed by atoms with van der Waals surface area (Å²) in [5, 5.41) is 6.87. The molecule has 2 fully saturated rings. The molecule has 6 heteroatoms. The highest BCUT2D eigenvalue weighted by Gasteiger charge is 2.29. The summed E-state index contributed by atoms with van der Waals surface area (Å²) in [5.74, 6) is 1.74. The van der Waals surface area contributed by atoms with Crippen molar-refractivity contribution in [2.45, 2.75) is 65.0 Å². The number of nitrogens with zero attached hydrogens (tertiary/aromatic N) is 2. The average Bonchev–Trinajstić information content (AvgIpc) is 2.97. The molecule has 0 aromatic heterocycles. The maximum atomic E-state index is 5.83. The molecule has 0 spiro atoms. The Balaban J connectivity index is 0.00000288. The van der Waals surface area contributed by atoms with E-state index in [0.29, 0.717) is 6.04 Å². The van der Waals surface area contributed by atoms with Crippen LogP contribution in [0.5, 0.6) is 0 Å². The van der Waals surface area contributed by atoms with Gasteiger partial charge in [-0.2, -0.15) is 0 Å². The van der Waals surface area contributed by atoms with Crippen LogP contribution in [0, 0.1) is 5.92 Å². The summed E-state index contributed by atoms with van der Waals surface area (Å²) >= 11 is 0. The van der Waals surface area contributed by atoms with Gasteiger partial charge in [-0.05, 0) is 58.9 Å². The predicted molar refractivity (Wildman–Crippen MR) is 112 cm³/mol. The van der Waals surface area contributed by atoms with Gasteiger partial charge in [0.25, 0.3) is 0 Å². The first-order valence-corrected chi connectivity index (χ1v) is 9.42. The summed E-state index contributed by atoms with van der Waals surface area (Å²) in [5.41, 5.74) is -0.0731. The molecule has 0 aromatic rings. The van der Waals surface area contributed by atoms with Crippen LogP contribution in [0.25, 0.3) is 0 Å². The smallest absolute Gasteiger partial charge is 0.191 e. The number of hydrogen-bond acceptors (Lipinski definition) is 3. The highest BCUT2D eigenvalue weighted by atomic mass is 127. The summed E-state index contributed by atoms with van der Waals surface area (Å²) in [6, 6.07) is 0.542. The molecule has 0 aromatic carbocycles. The van der Waals surface area contributed by atoms with Gasteiger partial charge in [-0.3, -0.25) is 9.89 Å². The van der Waals surface area contributed by atoms with Gasteiger partial charge in [-0.1, -0.05) is 6.92 Å². The Hall–Kier alpha value is -0.0800. The molecule has 2 heterocycles. The van der Waals surface area contributed by atoms with Crippen LogP contribution >= 0.6 is 24.0 Å². The first kappa shape index (κ1) is 22.0. The average molecular weight is 452 g/mol. The highest BCUT2D eigenvalue weighted by molar-refractivity contribution is 14.0. The second-order valence-corrected chi connectivity index (χ2v) is 7.57. The number of aliphatic imine (C=N–C) groups is 1. The Kier molecular flexibility index (Phi) is 9.89. The summed E-state index contributed by atoms with van der Waals surface area (Å²) in [4.78, 5) is 7.35. The van der Waals surface area contributed by atoms with Crippen molar-refractivity contribution in [1.82, 2.24) is 15.5 Å².